The van der Waals surface area contributed by atoms with E-state index in [4.69, 9.17) is 4.74 Å². The normalized spacial score (nSPS) is 31.8. The topological polar surface area (TPSA) is 29.5 Å². The maximum Gasteiger partial charge on any atom is 0.157 e. The highest BCUT2D eigenvalue weighted by molar-refractivity contribution is 8.18. The zero-order chi connectivity index (χ0) is 11.7. The predicted molar refractivity (Wildman–Crippen MR) is 73.2 cm³/mol. The van der Waals surface area contributed by atoms with Gasteiger partial charge in [-0.05, 0) is 23.5 Å². The summed E-state index contributed by atoms with van der Waals surface area (Å²) in [4.78, 5) is 0. The largest absolute Gasteiger partial charge is 0.368 e. The van der Waals surface area contributed by atoms with Crippen LogP contribution in [0.2, 0.25) is 0 Å². The highest BCUT2D eigenvalue weighted by atomic mass is 32.2. The number of hydrogen-bond donors (Lipinski definition) is 1. The number of thioether (sulfide) groups is 2. The minimum Gasteiger partial charge on any atom is -0.368 e. The smallest absolute Gasteiger partial charge is 0.157 e. The molecule has 0 amide bonds. The molecule has 2 nitrogen and oxygen atoms in total. The quantitative estimate of drug-likeness (QED) is 0.848. The highest BCUT2D eigenvalue weighted by Gasteiger charge is 2.50. The summed E-state index contributed by atoms with van der Waals surface area (Å²) in [5, 5.41) is 9.83. The monoisotopic (exact) mass is 268 g/mol. The lowest BCUT2D eigenvalue weighted by molar-refractivity contribution is -0.0915. The number of ether oxygens (including phenoxy) is 1. The Kier molecular flexibility index (Phi) is 3.39. The van der Waals surface area contributed by atoms with Crippen molar-refractivity contribution in [3.8, 4) is 0 Å². The molecule has 0 aliphatic carbocycles. The Hall–Kier alpha value is -0.160. The van der Waals surface area contributed by atoms with Gasteiger partial charge in [-0.1, -0.05) is 30.3 Å². The van der Waals surface area contributed by atoms with Gasteiger partial charge in [-0.3, -0.25) is 0 Å². The number of hydrogen-bond acceptors (Lipinski definition) is 4. The molecule has 1 N–H and O–H groups in total. The van der Waals surface area contributed by atoms with Crippen LogP contribution in [-0.4, -0.2) is 27.0 Å². The third-order valence-corrected chi connectivity index (χ3v) is 6.67. The van der Waals surface area contributed by atoms with Gasteiger partial charge >= 0.3 is 0 Å². The van der Waals surface area contributed by atoms with E-state index in [2.05, 4.69) is 12.1 Å². The summed E-state index contributed by atoms with van der Waals surface area (Å²) in [6.45, 7) is 0. The standard InChI is InChI=1S/C13H16O2S2/c14-11-9-13(16-7-4-8-17-13)12(15-11)10-5-2-1-3-6-10/h1-3,5-6,11-12,14H,4,7-9H2. The van der Waals surface area contributed by atoms with Crippen molar-refractivity contribution in [2.45, 2.75) is 29.3 Å². The molecule has 1 aromatic carbocycles. The van der Waals surface area contributed by atoms with Crippen molar-refractivity contribution >= 4 is 23.5 Å². The molecule has 17 heavy (non-hydrogen) atoms. The van der Waals surface area contributed by atoms with E-state index >= 15 is 0 Å². The third-order valence-electron chi connectivity index (χ3n) is 3.24. The first-order chi connectivity index (χ1) is 8.30. The van der Waals surface area contributed by atoms with Crippen LogP contribution in [0.3, 0.4) is 0 Å². The molecule has 2 aliphatic heterocycles. The van der Waals surface area contributed by atoms with Crippen LogP contribution < -0.4 is 0 Å². The van der Waals surface area contributed by atoms with Gasteiger partial charge in [-0.2, -0.15) is 0 Å². The molecule has 0 bridgehead atoms. The van der Waals surface area contributed by atoms with E-state index < -0.39 is 6.29 Å². The second kappa shape index (κ2) is 4.84. The number of aliphatic hydroxyl groups excluding tert-OH is 1. The molecule has 4 heteroatoms. The van der Waals surface area contributed by atoms with Gasteiger partial charge in [0.25, 0.3) is 0 Å². The molecule has 1 aromatic rings. The van der Waals surface area contributed by atoms with Crippen LogP contribution >= 0.6 is 23.5 Å². The van der Waals surface area contributed by atoms with Crippen molar-refractivity contribution in [1.82, 2.24) is 0 Å². The van der Waals surface area contributed by atoms with Gasteiger partial charge < -0.3 is 9.84 Å². The van der Waals surface area contributed by atoms with E-state index in [0.29, 0.717) is 0 Å². The molecule has 0 aromatic heterocycles. The molecule has 0 saturated carbocycles. The molecular weight excluding hydrogens is 252 g/mol. The van der Waals surface area contributed by atoms with Crippen LogP contribution in [0.5, 0.6) is 0 Å². The lowest BCUT2D eigenvalue weighted by atomic mass is 10.1. The molecule has 92 valence electrons. The summed E-state index contributed by atoms with van der Waals surface area (Å²) >= 11 is 3.92. The summed E-state index contributed by atoms with van der Waals surface area (Å²) in [6.07, 6.45) is 1.41. The number of benzene rings is 1. The summed E-state index contributed by atoms with van der Waals surface area (Å²) < 4.78 is 5.78. The van der Waals surface area contributed by atoms with Gasteiger partial charge in [0.1, 0.15) is 6.10 Å². The minimum absolute atomic E-state index is 0.0222. The van der Waals surface area contributed by atoms with Crippen LogP contribution in [0.25, 0.3) is 0 Å². The average molecular weight is 268 g/mol. The molecule has 2 unspecified atom stereocenters. The van der Waals surface area contributed by atoms with E-state index in [0.717, 1.165) is 6.42 Å². The fourth-order valence-electron chi connectivity index (χ4n) is 2.48. The lowest BCUT2D eigenvalue weighted by Crippen LogP contribution is -2.28. The zero-order valence-electron chi connectivity index (χ0n) is 9.54. The van der Waals surface area contributed by atoms with Gasteiger partial charge in [-0.25, -0.2) is 0 Å². The first-order valence-electron chi connectivity index (χ1n) is 5.97. The molecule has 3 rings (SSSR count). The average Bonchev–Trinajstić information content (AvgIpc) is 2.68. The Balaban J connectivity index is 1.91. The summed E-state index contributed by atoms with van der Waals surface area (Å²) in [7, 11) is 0. The first-order valence-corrected chi connectivity index (χ1v) is 7.94. The molecule has 2 saturated heterocycles. The van der Waals surface area contributed by atoms with Crippen LogP contribution in [0.4, 0.5) is 0 Å². The van der Waals surface area contributed by atoms with E-state index in [-0.39, 0.29) is 10.2 Å². The molecular formula is C13H16O2S2. The Morgan fingerprint density at radius 1 is 1.18 bits per heavy atom. The molecule has 2 aliphatic rings. The molecule has 2 atom stereocenters. The maximum absolute atomic E-state index is 9.83. The zero-order valence-corrected chi connectivity index (χ0v) is 11.2. The summed E-state index contributed by atoms with van der Waals surface area (Å²) in [5.74, 6) is 2.35. The molecule has 2 heterocycles. The second-order valence-corrected chi connectivity index (χ2v) is 7.56. The molecule has 0 radical (unpaired) electrons. The van der Waals surface area contributed by atoms with E-state index in [1.165, 1.54) is 23.5 Å². The van der Waals surface area contributed by atoms with Gasteiger partial charge in [0, 0.05) is 6.42 Å². The molecule has 1 spiro atoms. The van der Waals surface area contributed by atoms with Crippen molar-refractivity contribution < 1.29 is 9.84 Å². The van der Waals surface area contributed by atoms with Crippen LogP contribution in [-0.2, 0) is 4.74 Å². The van der Waals surface area contributed by atoms with Gasteiger partial charge in [0.2, 0.25) is 0 Å². The Morgan fingerprint density at radius 2 is 1.88 bits per heavy atom. The summed E-state index contributed by atoms with van der Waals surface area (Å²) in [5.41, 5.74) is 1.19. The number of aliphatic hydroxyl groups is 1. The Labute approximate surface area is 110 Å². The fraction of sp³-hybridized carbons (Fsp3) is 0.538. The van der Waals surface area contributed by atoms with Crippen LogP contribution in [0.15, 0.2) is 30.3 Å². The second-order valence-electron chi connectivity index (χ2n) is 4.45. The first kappa shape index (κ1) is 11.9. The highest BCUT2D eigenvalue weighted by Crippen LogP contribution is 2.58. The maximum atomic E-state index is 9.83. The Morgan fingerprint density at radius 3 is 2.59 bits per heavy atom. The van der Waals surface area contributed by atoms with Crippen molar-refractivity contribution in [2.24, 2.45) is 0 Å². The van der Waals surface area contributed by atoms with Crippen molar-refractivity contribution in [1.29, 1.82) is 0 Å². The predicted octanol–water partition coefficient (Wildman–Crippen LogP) is 3.03. The van der Waals surface area contributed by atoms with Gasteiger partial charge in [0.15, 0.2) is 6.29 Å². The van der Waals surface area contributed by atoms with Gasteiger partial charge in [-0.15, -0.1) is 23.5 Å². The fourth-order valence-corrected chi connectivity index (χ4v) is 5.97. The van der Waals surface area contributed by atoms with Crippen molar-refractivity contribution in [2.75, 3.05) is 11.5 Å². The van der Waals surface area contributed by atoms with E-state index in [1.807, 2.05) is 41.7 Å². The SMILES string of the molecule is OC1CC2(SCCCS2)C(c2ccccc2)O1. The molecule has 2 fully saturated rings. The van der Waals surface area contributed by atoms with E-state index in [1.54, 1.807) is 0 Å². The van der Waals surface area contributed by atoms with Crippen LogP contribution in [0, 0.1) is 0 Å². The lowest BCUT2D eigenvalue weighted by Gasteiger charge is -2.36. The summed E-state index contributed by atoms with van der Waals surface area (Å²) in [6, 6.07) is 10.3. The number of rotatable bonds is 1. The third kappa shape index (κ3) is 2.24. The van der Waals surface area contributed by atoms with Crippen molar-refractivity contribution in [3.05, 3.63) is 35.9 Å². The van der Waals surface area contributed by atoms with E-state index in [9.17, 15) is 5.11 Å². The van der Waals surface area contributed by atoms with Crippen LogP contribution in [0.1, 0.15) is 24.5 Å². The Bertz CT molecular complexity index is 376. The van der Waals surface area contributed by atoms with Crippen molar-refractivity contribution in [3.63, 3.8) is 0 Å². The minimum atomic E-state index is -0.613. The van der Waals surface area contributed by atoms with Gasteiger partial charge in [0.05, 0.1) is 4.08 Å².